The van der Waals surface area contributed by atoms with Crippen LogP contribution in [-0.2, 0) is 22.7 Å². The second-order valence-electron chi connectivity index (χ2n) is 3.41. The lowest BCUT2D eigenvalue weighted by atomic mass is 10.1. The van der Waals surface area contributed by atoms with Crippen molar-refractivity contribution in [2.45, 2.75) is 24.0 Å². The van der Waals surface area contributed by atoms with E-state index in [9.17, 15) is 30.4 Å². The lowest BCUT2D eigenvalue weighted by molar-refractivity contribution is -0.142. The van der Waals surface area contributed by atoms with Crippen LogP contribution in [-0.4, -0.2) is 13.4 Å². The average Bonchev–Trinajstić information content (AvgIpc) is 2.24. The number of nitrogens with two attached hydrogens (primary N) is 2. The van der Waals surface area contributed by atoms with E-state index in [1.54, 1.807) is 0 Å². The van der Waals surface area contributed by atoms with Gasteiger partial charge in [0.05, 0.1) is 16.8 Å². The molecule has 1 aromatic rings. The van der Waals surface area contributed by atoms with Gasteiger partial charge in [-0.1, -0.05) is 0 Å². The van der Waals surface area contributed by atoms with Crippen molar-refractivity contribution in [3.63, 3.8) is 0 Å². The molecule has 0 bridgehead atoms. The van der Waals surface area contributed by atoms with E-state index < -0.39 is 50.9 Å². The zero-order valence-corrected chi connectivity index (χ0v) is 9.89. The topological polar surface area (TPSA) is 99.1 Å². The fourth-order valence-corrected chi connectivity index (χ4v) is 2.16. The zero-order chi connectivity index (χ0) is 15.0. The van der Waals surface area contributed by atoms with Gasteiger partial charge in [-0.25, -0.2) is 22.3 Å². The number of hydrogen-bond acceptors (Lipinski definition) is 4. The molecule has 1 heterocycles. The highest BCUT2D eigenvalue weighted by atomic mass is 32.2. The first-order valence-electron chi connectivity index (χ1n) is 4.60. The highest BCUT2D eigenvalue weighted by Gasteiger charge is 2.42. The summed E-state index contributed by atoms with van der Waals surface area (Å²) in [6.07, 6.45) is -8.66. The van der Waals surface area contributed by atoms with Gasteiger partial charge in [-0.2, -0.15) is 13.2 Å². The van der Waals surface area contributed by atoms with Crippen LogP contribution in [0.1, 0.15) is 23.2 Å². The lowest BCUT2D eigenvalue weighted by Gasteiger charge is -2.17. The quantitative estimate of drug-likeness (QED) is 0.818. The van der Waals surface area contributed by atoms with E-state index >= 15 is 0 Å². The van der Waals surface area contributed by atoms with Gasteiger partial charge in [-0.05, 0) is 0 Å². The number of primary sulfonamides is 1. The van der Waals surface area contributed by atoms with Gasteiger partial charge in [0, 0.05) is 12.7 Å². The second-order valence-corrected chi connectivity index (χ2v) is 4.94. The molecule has 5 nitrogen and oxygen atoms in total. The van der Waals surface area contributed by atoms with Crippen molar-refractivity contribution in [2.75, 3.05) is 0 Å². The van der Waals surface area contributed by atoms with Gasteiger partial charge in [0.1, 0.15) is 4.90 Å². The summed E-state index contributed by atoms with van der Waals surface area (Å²) in [5.41, 5.74) is 0.679. The van der Waals surface area contributed by atoms with Gasteiger partial charge in [0.2, 0.25) is 10.0 Å². The van der Waals surface area contributed by atoms with Gasteiger partial charge < -0.3 is 5.73 Å². The maximum Gasteiger partial charge on any atom is 0.418 e. The van der Waals surface area contributed by atoms with Crippen LogP contribution >= 0.6 is 0 Å². The van der Waals surface area contributed by atoms with Crippen LogP contribution in [0.15, 0.2) is 11.1 Å². The summed E-state index contributed by atoms with van der Waals surface area (Å²) in [5.74, 6) is 0. The first kappa shape index (κ1) is 15.7. The molecule has 0 amide bonds. The van der Waals surface area contributed by atoms with Crippen molar-refractivity contribution in [1.82, 2.24) is 4.98 Å². The molecule has 0 radical (unpaired) electrons. The van der Waals surface area contributed by atoms with Crippen molar-refractivity contribution in [3.05, 3.63) is 23.0 Å². The Bertz CT molecular complexity index is 585. The molecule has 1 aromatic heterocycles. The first-order chi connectivity index (χ1) is 8.50. The summed E-state index contributed by atoms with van der Waals surface area (Å²) in [7, 11) is -4.85. The minimum Gasteiger partial charge on any atom is -0.325 e. The molecule has 4 N–H and O–H groups in total. The van der Waals surface area contributed by atoms with Gasteiger partial charge >= 0.3 is 6.18 Å². The number of rotatable bonds is 3. The summed E-state index contributed by atoms with van der Waals surface area (Å²) in [6, 6.07) is 0. The van der Waals surface area contributed by atoms with Crippen LogP contribution in [0, 0.1) is 0 Å². The summed E-state index contributed by atoms with van der Waals surface area (Å²) in [4.78, 5) is 1.69. The van der Waals surface area contributed by atoms with Gasteiger partial charge in [0.25, 0.3) is 6.43 Å². The SMILES string of the molecule is NCc1ncc(S(N)(=O)=O)c(C(F)(F)F)c1C(F)F. The smallest absolute Gasteiger partial charge is 0.325 e. The van der Waals surface area contributed by atoms with Gasteiger partial charge in [-0.3, -0.25) is 4.98 Å². The Hall–Kier alpha value is -1.33. The highest BCUT2D eigenvalue weighted by molar-refractivity contribution is 7.89. The fraction of sp³-hybridized carbons (Fsp3) is 0.375. The van der Waals surface area contributed by atoms with Gasteiger partial charge in [0.15, 0.2) is 0 Å². The van der Waals surface area contributed by atoms with Gasteiger partial charge in [-0.15, -0.1) is 0 Å². The van der Waals surface area contributed by atoms with E-state index in [1.165, 1.54) is 0 Å². The summed E-state index contributed by atoms with van der Waals surface area (Å²) in [6.45, 7) is -0.701. The molecule has 0 saturated heterocycles. The third kappa shape index (κ3) is 3.16. The number of nitrogens with zero attached hydrogens (tertiary/aromatic N) is 1. The molecule has 108 valence electrons. The number of halogens is 5. The highest BCUT2D eigenvalue weighted by Crippen LogP contribution is 2.40. The maximum atomic E-state index is 12.8. The molecule has 0 saturated carbocycles. The molecule has 0 aromatic carbocycles. The summed E-state index contributed by atoms with van der Waals surface area (Å²) < 4.78 is 85.9. The van der Waals surface area contributed by atoms with E-state index in [-0.39, 0.29) is 6.20 Å². The van der Waals surface area contributed by atoms with E-state index in [0.717, 1.165) is 0 Å². The van der Waals surface area contributed by atoms with E-state index in [1.807, 2.05) is 0 Å². The minimum atomic E-state index is -5.33. The van der Waals surface area contributed by atoms with Crippen LogP contribution in [0.2, 0.25) is 0 Å². The monoisotopic (exact) mass is 305 g/mol. The van der Waals surface area contributed by atoms with Crippen LogP contribution in [0.3, 0.4) is 0 Å². The Morgan fingerprint density at radius 1 is 1.32 bits per heavy atom. The standard InChI is InChI=1S/C8H8F5N3O2S/c9-7(10)5-3(1-14)16-2-4(19(15,17)18)6(5)8(11,12)13/h2,7H,1,14H2,(H2,15,17,18). The number of alkyl halides is 5. The Morgan fingerprint density at radius 2 is 1.84 bits per heavy atom. The molecule has 0 aliphatic carbocycles. The maximum absolute atomic E-state index is 12.8. The Labute approximate surface area is 104 Å². The second kappa shape index (κ2) is 4.98. The van der Waals surface area contributed by atoms with Crippen molar-refractivity contribution >= 4 is 10.0 Å². The number of sulfonamides is 1. The van der Waals surface area contributed by atoms with E-state index in [2.05, 4.69) is 10.1 Å². The predicted octanol–water partition coefficient (Wildman–Crippen LogP) is 1.14. The Kier molecular flexibility index (Phi) is 4.12. The first-order valence-corrected chi connectivity index (χ1v) is 6.14. The molecule has 0 aliphatic heterocycles. The molecule has 1 rings (SSSR count). The molecule has 11 heteroatoms. The van der Waals surface area contributed by atoms with Crippen LogP contribution in [0.25, 0.3) is 0 Å². The lowest BCUT2D eigenvalue weighted by Crippen LogP contribution is -2.23. The number of hydrogen-bond donors (Lipinski definition) is 2. The molecular weight excluding hydrogens is 297 g/mol. The predicted molar refractivity (Wildman–Crippen MR) is 53.5 cm³/mol. The summed E-state index contributed by atoms with van der Waals surface area (Å²) >= 11 is 0. The van der Waals surface area contributed by atoms with Crippen molar-refractivity contribution in [2.24, 2.45) is 10.9 Å². The largest absolute Gasteiger partial charge is 0.418 e. The molecular formula is C8H8F5N3O2S. The molecule has 0 spiro atoms. The zero-order valence-electron chi connectivity index (χ0n) is 9.08. The molecule has 0 unspecified atom stereocenters. The minimum absolute atomic E-state index is 0.270. The molecule has 0 aliphatic rings. The van der Waals surface area contributed by atoms with E-state index in [4.69, 9.17) is 5.73 Å². The molecule has 0 fully saturated rings. The van der Waals surface area contributed by atoms with Crippen LogP contribution in [0.5, 0.6) is 0 Å². The summed E-state index contributed by atoms with van der Waals surface area (Å²) in [5, 5.41) is 4.57. The van der Waals surface area contributed by atoms with E-state index in [0.29, 0.717) is 0 Å². The van der Waals surface area contributed by atoms with Crippen LogP contribution < -0.4 is 10.9 Å². The third-order valence-electron chi connectivity index (χ3n) is 2.17. The van der Waals surface area contributed by atoms with Crippen LogP contribution in [0.4, 0.5) is 22.0 Å². The normalized spacial score (nSPS) is 13.1. The third-order valence-corrected chi connectivity index (χ3v) is 3.09. The fourth-order valence-electron chi connectivity index (χ4n) is 1.45. The molecule has 0 atom stereocenters. The Balaban J connectivity index is 3.86. The average molecular weight is 305 g/mol. The van der Waals surface area contributed by atoms with Crippen molar-refractivity contribution in [1.29, 1.82) is 0 Å². The van der Waals surface area contributed by atoms with Crippen molar-refractivity contribution in [3.8, 4) is 0 Å². The number of aromatic nitrogens is 1. The molecule has 19 heavy (non-hydrogen) atoms. The number of pyridine rings is 1. The Morgan fingerprint density at radius 3 is 2.16 bits per heavy atom. The van der Waals surface area contributed by atoms with Crippen molar-refractivity contribution < 1.29 is 30.4 Å².